The first-order chi connectivity index (χ1) is 25.9. The van der Waals surface area contributed by atoms with Crippen LogP contribution in [0.4, 0.5) is 4.79 Å². The quantitative estimate of drug-likeness (QED) is 0.137. The number of hydrazine groups is 1. The summed E-state index contributed by atoms with van der Waals surface area (Å²) in [6, 6.07) is 29.7. The summed E-state index contributed by atoms with van der Waals surface area (Å²) in [5, 5.41) is 27.6. The summed E-state index contributed by atoms with van der Waals surface area (Å²) in [5.74, 6) is -0.593. The van der Waals surface area contributed by atoms with Crippen molar-refractivity contribution in [2.75, 3.05) is 20.2 Å². The fourth-order valence-electron chi connectivity index (χ4n) is 7.92. The number of fused-ring (bicyclic) bond motifs is 1. The van der Waals surface area contributed by atoms with Gasteiger partial charge < -0.3 is 25.2 Å². The molecule has 0 saturated carbocycles. The van der Waals surface area contributed by atoms with E-state index in [1.165, 1.54) is 7.11 Å². The summed E-state index contributed by atoms with van der Waals surface area (Å²) in [5.41, 5.74) is 6.85. The molecule has 1 fully saturated rings. The number of aromatic nitrogens is 1. The van der Waals surface area contributed by atoms with Crippen molar-refractivity contribution in [2.24, 2.45) is 10.8 Å². The number of carbonyl (C=O) groups is 3. The van der Waals surface area contributed by atoms with Crippen LogP contribution in [0.15, 0.2) is 103 Å². The van der Waals surface area contributed by atoms with E-state index in [-0.39, 0.29) is 12.5 Å². The number of β-amino-alcohol motifs (C(OH)–C–C–N with tert-alkyl or cyclic N) is 1. The van der Waals surface area contributed by atoms with E-state index in [2.05, 4.69) is 15.7 Å². The summed E-state index contributed by atoms with van der Waals surface area (Å²) >= 11 is 0. The van der Waals surface area contributed by atoms with Crippen molar-refractivity contribution in [3.8, 4) is 11.3 Å². The molecule has 284 valence electrons. The Morgan fingerprint density at radius 3 is 2.35 bits per heavy atom. The number of methoxy groups -OCH3 is 1. The number of likely N-dealkylation sites (tertiary alicyclic amines) is 1. The summed E-state index contributed by atoms with van der Waals surface area (Å²) in [4.78, 5) is 47.0. The summed E-state index contributed by atoms with van der Waals surface area (Å²) in [6.07, 6.45) is 0.838. The van der Waals surface area contributed by atoms with Gasteiger partial charge in [-0.25, -0.2) is 9.80 Å². The Morgan fingerprint density at radius 1 is 0.963 bits per heavy atom. The zero-order valence-electron chi connectivity index (χ0n) is 31.4. The van der Waals surface area contributed by atoms with Crippen molar-refractivity contribution in [1.29, 1.82) is 0 Å². The Labute approximate surface area is 317 Å². The highest BCUT2D eigenvalue weighted by atomic mass is 16.5. The first kappa shape index (κ1) is 38.6. The average molecular weight is 734 g/mol. The van der Waals surface area contributed by atoms with E-state index in [9.17, 15) is 24.6 Å². The van der Waals surface area contributed by atoms with Gasteiger partial charge in [-0.05, 0) is 59.1 Å². The second kappa shape index (κ2) is 16.5. The van der Waals surface area contributed by atoms with Crippen LogP contribution in [0.3, 0.4) is 0 Å². The second-order valence-electron chi connectivity index (χ2n) is 15.6. The number of carbonyl (C=O) groups excluding carboxylic acids is 3. The molecule has 4 aromatic rings. The van der Waals surface area contributed by atoms with Crippen LogP contribution in [-0.2, 0) is 33.7 Å². The number of aliphatic hydroxyl groups is 2. The van der Waals surface area contributed by atoms with Crippen molar-refractivity contribution in [3.05, 3.63) is 126 Å². The summed E-state index contributed by atoms with van der Waals surface area (Å²) in [6.45, 7) is 6.37. The lowest BCUT2D eigenvalue weighted by molar-refractivity contribution is -0.142. The zero-order valence-corrected chi connectivity index (χ0v) is 31.4. The van der Waals surface area contributed by atoms with Gasteiger partial charge in [-0.3, -0.25) is 20.0 Å². The molecule has 5 atom stereocenters. The maximum Gasteiger partial charge on any atom is 0.407 e. The average Bonchev–Trinajstić information content (AvgIpc) is 3.61. The van der Waals surface area contributed by atoms with Gasteiger partial charge in [0.2, 0.25) is 5.91 Å². The minimum Gasteiger partial charge on any atom is -0.453 e. The Balaban J connectivity index is 1.26. The normalized spacial score (nSPS) is 21.5. The molecule has 0 radical (unpaired) electrons. The lowest BCUT2D eigenvalue weighted by Gasteiger charge is -2.34. The van der Waals surface area contributed by atoms with Crippen LogP contribution in [0.1, 0.15) is 61.9 Å². The highest BCUT2D eigenvalue weighted by Crippen LogP contribution is 2.46. The van der Waals surface area contributed by atoms with Gasteiger partial charge in [-0.15, -0.1) is 0 Å². The maximum atomic E-state index is 14.7. The predicted octanol–water partition coefficient (Wildman–Crippen LogP) is 5.22. The number of nitrogens with zero attached hydrogens (tertiary/aromatic N) is 3. The minimum absolute atomic E-state index is 0.108. The number of ether oxygens (including phenoxy) is 1. The van der Waals surface area contributed by atoms with E-state index in [1.54, 1.807) is 16.1 Å². The number of alkyl carbamates (subject to hydrolysis) is 1. The van der Waals surface area contributed by atoms with E-state index in [1.807, 2.05) is 118 Å². The molecule has 1 aliphatic heterocycles. The van der Waals surface area contributed by atoms with E-state index in [0.29, 0.717) is 38.8 Å². The van der Waals surface area contributed by atoms with Crippen molar-refractivity contribution in [1.82, 2.24) is 25.6 Å². The van der Waals surface area contributed by atoms with Crippen molar-refractivity contribution < 1.29 is 29.3 Å². The molecule has 0 spiro atoms. The van der Waals surface area contributed by atoms with Gasteiger partial charge in [0.25, 0.3) is 5.91 Å². The Hall–Kier alpha value is -5.10. The lowest BCUT2D eigenvalue weighted by Crippen LogP contribution is -2.57. The zero-order chi connectivity index (χ0) is 38.5. The second-order valence-corrected chi connectivity index (χ2v) is 15.6. The molecule has 11 heteroatoms. The van der Waals surface area contributed by atoms with Crippen LogP contribution >= 0.6 is 0 Å². The van der Waals surface area contributed by atoms with Gasteiger partial charge >= 0.3 is 6.09 Å². The number of aliphatic hydroxyl groups excluding tert-OH is 2. The predicted molar refractivity (Wildman–Crippen MR) is 205 cm³/mol. The lowest BCUT2D eigenvalue weighted by atomic mass is 9.74. The van der Waals surface area contributed by atoms with E-state index in [4.69, 9.17) is 4.74 Å². The highest BCUT2D eigenvalue weighted by Gasteiger charge is 2.56. The summed E-state index contributed by atoms with van der Waals surface area (Å²) < 4.78 is 4.82. The molecule has 11 nitrogen and oxygen atoms in total. The van der Waals surface area contributed by atoms with Crippen LogP contribution in [0.5, 0.6) is 0 Å². The largest absolute Gasteiger partial charge is 0.453 e. The molecule has 6 rings (SSSR count). The molecule has 2 aliphatic rings. The smallest absolute Gasteiger partial charge is 0.407 e. The SMILES string of the molecule is COC(=O)N[C@H](C(=O)NN(CCC[C@@]1(Cc2ccccc2)C(=O)N([C@H]2c3ccccc3C[C@H]2O)C[C@H]1O)Cc1ccc(-c2ccccn2)cc1)C(C)(C)C. The Kier molecular flexibility index (Phi) is 11.8. The molecule has 2 heterocycles. The standard InChI is InChI=1S/C43H51N5O6/c1-42(2,3)38(45-41(53)54-4)39(51)46-47(27-30-18-20-31(21-19-30)34-17-10-11-23-44-34)24-12-22-43(26-29-13-6-5-7-14-29)36(50)28-48(40(43)52)37-33-16-9-8-15-32(33)25-35(37)49/h5-11,13-21,23,35-38,49-50H,12,22,24-28H2,1-4H3,(H,45,53)(H,46,51)/t35-,36-,37+,38-,43+/m1/s1. The molecule has 0 unspecified atom stereocenters. The Bertz CT molecular complexity index is 1900. The van der Waals surface area contributed by atoms with Crippen LogP contribution < -0.4 is 10.7 Å². The van der Waals surface area contributed by atoms with Crippen molar-refractivity contribution in [3.63, 3.8) is 0 Å². The third-order valence-corrected chi connectivity index (χ3v) is 10.7. The molecule has 1 saturated heterocycles. The fraction of sp³-hybridized carbons (Fsp3) is 0.395. The molecule has 4 N–H and O–H groups in total. The number of benzene rings is 3. The number of amides is 3. The molecule has 1 aliphatic carbocycles. The van der Waals surface area contributed by atoms with Gasteiger partial charge in [0.05, 0.1) is 36.5 Å². The van der Waals surface area contributed by atoms with E-state index < -0.39 is 47.1 Å². The molecule has 3 aromatic carbocycles. The minimum atomic E-state index is -1.15. The topological polar surface area (TPSA) is 144 Å². The molecule has 3 amide bonds. The van der Waals surface area contributed by atoms with Crippen LogP contribution in [-0.4, -0.2) is 81.5 Å². The van der Waals surface area contributed by atoms with Gasteiger partial charge in [0.15, 0.2) is 0 Å². The van der Waals surface area contributed by atoms with E-state index >= 15 is 0 Å². The molecule has 1 aromatic heterocycles. The van der Waals surface area contributed by atoms with Gasteiger partial charge in [-0.2, -0.15) is 0 Å². The van der Waals surface area contributed by atoms with Gasteiger partial charge in [0, 0.05) is 37.8 Å². The first-order valence-corrected chi connectivity index (χ1v) is 18.6. The Morgan fingerprint density at radius 2 is 1.67 bits per heavy atom. The third kappa shape index (κ3) is 8.49. The van der Waals surface area contributed by atoms with Crippen molar-refractivity contribution >= 4 is 17.9 Å². The van der Waals surface area contributed by atoms with Gasteiger partial charge in [0.1, 0.15) is 6.04 Å². The van der Waals surface area contributed by atoms with Crippen LogP contribution in [0.2, 0.25) is 0 Å². The van der Waals surface area contributed by atoms with Gasteiger partial charge in [-0.1, -0.05) is 106 Å². The highest BCUT2D eigenvalue weighted by molar-refractivity contribution is 5.87. The number of hydrogen-bond donors (Lipinski definition) is 4. The monoisotopic (exact) mass is 733 g/mol. The number of rotatable bonds is 13. The van der Waals surface area contributed by atoms with Crippen LogP contribution in [0, 0.1) is 10.8 Å². The third-order valence-electron chi connectivity index (χ3n) is 10.7. The first-order valence-electron chi connectivity index (χ1n) is 18.6. The maximum absolute atomic E-state index is 14.7. The summed E-state index contributed by atoms with van der Waals surface area (Å²) in [7, 11) is 1.26. The molecule has 0 bridgehead atoms. The molecule has 54 heavy (non-hydrogen) atoms. The van der Waals surface area contributed by atoms with Crippen LogP contribution in [0.25, 0.3) is 11.3 Å². The number of nitrogens with one attached hydrogen (secondary N) is 2. The van der Waals surface area contributed by atoms with Crippen molar-refractivity contribution in [2.45, 2.75) is 77.3 Å². The molecular weight excluding hydrogens is 683 g/mol. The molecular formula is C43H51N5O6. The number of hydrogen-bond acceptors (Lipinski definition) is 8. The number of pyridine rings is 1. The fourth-order valence-corrected chi connectivity index (χ4v) is 7.92. The van der Waals surface area contributed by atoms with E-state index in [0.717, 1.165) is 33.5 Å².